The fraction of sp³-hybridized carbons (Fsp3) is 0.333. The summed E-state index contributed by atoms with van der Waals surface area (Å²) in [7, 11) is 0. The van der Waals surface area contributed by atoms with Gasteiger partial charge in [-0.2, -0.15) is 0 Å². The minimum absolute atomic E-state index is 0.101. The average Bonchev–Trinajstić information content (AvgIpc) is 2.70. The van der Waals surface area contributed by atoms with E-state index < -0.39 is 11.9 Å². The van der Waals surface area contributed by atoms with Gasteiger partial charge in [-0.05, 0) is 37.6 Å². The highest BCUT2D eigenvalue weighted by Crippen LogP contribution is 2.25. The first-order valence-electron chi connectivity index (χ1n) is 9.22. The van der Waals surface area contributed by atoms with Gasteiger partial charge in [0.25, 0.3) is 5.91 Å². The second-order valence-electron chi connectivity index (χ2n) is 6.90. The van der Waals surface area contributed by atoms with Gasteiger partial charge in [-0.1, -0.05) is 47.5 Å². The molecule has 1 aliphatic heterocycles. The fourth-order valence-electron chi connectivity index (χ4n) is 3.38. The van der Waals surface area contributed by atoms with E-state index in [1.54, 1.807) is 30.0 Å². The van der Waals surface area contributed by atoms with Crippen molar-refractivity contribution < 1.29 is 9.59 Å². The molecule has 1 heterocycles. The first-order valence-corrected chi connectivity index (χ1v) is 9.98. The van der Waals surface area contributed by atoms with E-state index in [0.717, 1.165) is 13.1 Å². The van der Waals surface area contributed by atoms with Gasteiger partial charge in [0.15, 0.2) is 0 Å². The summed E-state index contributed by atoms with van der Waals surface area (Å²) < 4.78 is 0. The number of halogens is 2. The number of hydrogen-bond donors (Lipinski definition) is 1. The molecule has 0 aromatic heterocycles. The maximum atomic E-state index is 12.8. The highest BCUT2D eigenvalue weighted by molar-refractivity contribution is 6.43. The zero-order valence-corrected chi connectivity index (χ0v) is 17.4. The number of rotatable bonds is 4. The number of nitrogens with one attached hydrogen (secondary N) is 1. The largest absolute Gasteiger partial charge is 0.368 e. The number of carbonyl (C=O) groups is 2. The summed E-state index contributed by atoms with van der Waals surface area (Å²) in [5.74, 6) is -0.511. The number of carbonyl (C=O) groups excluding carboxylic acids is 2. The topological polar surface area (TPSA) is 52.6 Å². The van der Waals surface area contributed by atoms with Gasteiger partial charge < -0.3 is 15.1 Å². The molecular weight excluding hydrogens is 397 g/mol. The van der Waals surface area contributed by atoms with E-state index in [1.807, 2.05) is 12.1 Å². The second kappa shape index (κ2) is 8.84. The van der Waals surface area contributed by atoms with Crippen molar-refractivity contribution in [3.8, 4) is 0 Å². The van der Waals surface area contributed by atoms with Crippen LogP contribution < -0.4 is 10.2 Å². The Kier molecular flexibility index (Phi) is 6.47. The van der Waals surface area contributed by atoms with Crippen LogP contribution in [0.25, 0.3) is 0 Å². The van der Waals surface area contributed by atoms with Crippen LogP contribution in [-0.2, 0) is 4.79 Å². The third-order valence-electron chi connectivity index (χ3n) is 4.96. The number of nitrogens with zero attached hydrogens (tertiary/aromatic N) is 2. The molecule has 2 aromatic carbocycles. The SMILES string of the molecule is Cc1ccccc1N1CCN(C(=O)C(C)NC(=O)c2cccc(Cl)c2Cl)CC1. The van der Waals surface area contributed by atoms with Crippen molar-refractivity contribution in [2.75, 3.05) is 31.1 Å². The van der Waals surface area contributed by atoms with Gasteiger partial charge in [0, 0.05) is 31.9 Å². The van der Waals surface area contributed by atoms with Crippen molar-refractivity contribution in [2.24, 2.45) is 0 Å². The van der Waals surface area contributed by atoms with E-state index in [2.05, 4.69) is 29.3 Å². The number of hydrogen-bond acceptors (Lipinski definition) is 3. The van der Waals surface area contributed by atoms with Gasteiger partial charge in [-0.3, -0.25) is 9.59 Å². The Labute approximate surface area is 175 Å². The molecule has 1 unspecified atom stereocenters. The molecule has 0 spiro atoms. The maximum Gasteiger partial charge on any atom is 0.253 e. The van der Waals surface area contributed by atoms with Crippen molar-refractivity contribution in [1.29, 1.82) is 0 Å². The van der Waals surface area contributed by atoms with Crippen LogP contribution in [0.1, 0.15) is 22.8 Å². The standard InChI is InChI=1S/C21H23Cl2N3O2/c1-14-6-3-4-9-18(14)25-10-12-26(13-11-25)21(28)15(2)24-20(27)16-7-5-8-17(22)19(16)23/h3-9,15H,10-13H2,1-2H3,(H,24,27). The van der Waals surface area contributed by atoms with Gasteiger partial charge in [0.1, 0.15) is 6.04 Å². The lowest BCUT2D eigenvalue weighted by atomic mass is 10.1. The van der Waals surface area contributed by atoms with E-state index in [9.17, 15) is 9.59 Å². The molecule has 5 nitrogen and oxygen atoms in total. The predicted molar refractivity (Wildman–Crippen MR) is 113 cm³/mol. The van der Waals surface area contributed by atoms with E-state index >= 15 is 0 Å². The molecule has 2 aromatic rings. The molecule has 1 saturated heterocycles. The number of anilines is 1. The van der Waals surface area contributed by atoms with Crippen LogP contribution in [0.15, 0.2) is 42.5 Å². The lowest BCUT2D eigenvalue weighted by molar-refractivity contribution is -0.133. The monoisotopic (exact) mass is 419 g/mol. The molecule has 0 bridgehead atoms. The Balaban J connectivity index is 1.58. The number of piperazine rings is 1. The van der Waals surface area contributed by atoms with Crippen molar-refractivity contribution in [3.05, 3.63) is 63.6 Å². The molecule has 0 saturated carbocycles. The van der Waals surface area contributed by atoms with Gasteiger partial charge >= 0.3 is 0 Å². The minimum Gasteiger partial charge on any atom is -0.368 e. The van der Waals surface area contributed by atoms with Crippen molar-refractivity contribution in [1.82, 2.24) is 10.2 Å². The summed E-state index contributed by atoms with van der Waals surface area (Å²) in [6.45, 7) is 6.53. The molecule has 0 aliphatic carbocycles. The van der Waals surface area contributed by atoms with E-state index in [-0.39, 0.29) is 16.5 Å². The summed E-state index contributed by atoms with van der Waals surface area (Å²) in [5, 5.41) is 3.22. The lowest BCUT2D eigenvalue weighted by Crippen LogP contribution is -2.54. The van der Waals surface area contributed by atoms with Gasteiger partial charge in [-0.15, -0.1) is 0 Å². The zero-order chi connectivity index (χ0) is 20.3. The Hall–Kier alpha value is -2.24. The third kappa shape index (κ3) is 4.42. The van der Waals surface area contributed by atoms with Crippen molar-refractivity contribution in [2.45, 2.75) is 19.9 Å². The number of benzene rings is 2. The van der Waals surface area contributed by atoms with Gasteiger partial charge in [0.2, 0.25) is 5.91 Å². The number of para-hydroxylation sites is 1. The molecule has 1 atom stereocenters. The van der Waals surface area contributed by atoms with Crippen LogP contribution in [0.5, 0.6) is 0 Å². The Bertz CT molecular complexity index is 880. The maximum absolute atomic E-state index is 12.8. The highest BCUT2D eigenvalue weighted by Gasteiger charge is 2.27. The predicted octanol–water partition coefficient (Wildman–Crippen LogP) is 3.77. The number of aryl methyl sites for hydroxylation is 1. The summed E-state index contributed by atoms with van der Waals surface area (Å²) in [4.78, 5) is 29.3. The highest BCUT2D eigenvalue weighted by atomic mass is 35.5. The summed E-state index contributed by atoms with van der Waals surface area (Å²) in [6.07, 6.45) is 0. The lowest BCUT2D eigenvalue weighted by Gasteiger charge is -2.37. The quantitative estimate of drug-likeness (QED) is 0.820. The van der Waals surface area contributed by atoms with Crippen LogP contribution in [0, 0.1) is 6.92 Å². The first kappa shape index (κ1) is 20.5. The van der Waals surface area contributed by atoms with E-state index in [0.29, 0.717) is 18.1 Å². The smallest absolute Gasteiger partial charge is 0.253 e. The van der Waals surface area contributed by atoms with Gasteiger partial charge in [0.05, 0.1) is 15.6 Å². The molecule has 3 rings (SSSR count). The average molecular weight is 420 g/mol. The molecular formula is C21H23Cl2N3O2. The van der Waals surface area contributed by atoms with Crippen molar-refractivity contribution >= 4 is 40.7 Å². The summed E-state index contributed by atoms with van der Waals surface area (Å²) in [6, 6.07) is 12.4. The second-order valence-corrected chi connectivity index (χ2v) is 7.68. The molecule has 28 heavy (non-hydrogen) atoms. The Morgan fingerprint density at radius 1 is 1.00 bits per heavy atom. The van der Waals surface area contributed by atoms with Crippen LogP contribution in [-0.4, -0.2) is 48.9 Å². The normalized spacial score (nSPS) is 15.3. The Morgan fingerprint density at radius 2 is 1.68 bits per heavy atom. The molecule has 1 N–H and O–H groups in total. The zero-order valence-electron chi connectivity index (χ0n) is 15.9. The van der Waals surface area contributed by atoms with E-state index in [4.69, 9.17) is 23.2 Å². The molecule has 2 amide bonds. The van der Waals surface area contributed by atoms with Crippen LogP contribution in [0.4, 0.5) is 5.69 Å². The number of amides is 2. The van der Waals surface area contributed by atoms with Gasteiger partial charge in [-0.25, -0.2) is 0 Å². The summed E-state index contributed by atoms with van der Waals surface area (Å²) >= 11 is 12.1. The first-order chi connectivity index (χ1) is 13.4. The van der Waals surface area contributed by atoms with Crippen LogP contribution in [0.3, 0.4) is 0 Å². The van der Waals surface area contributed by atoms with Crippen LogP contribution in [0.2, 0.25) is 10.0 Å². The molecule has 148 valence electrons. The van der Waals surface area contributed by atoms with Crippen molar-refractivity contribution in [3.63, 3.8) is 0 Å². The minimum atomic E-state index is -0.646. The summed E-state index contributed by atoms with van der Waals surface area (Å²) in [5.41, 5.74) is 2.69. The Morgan fingerprint density at radius 3 is 2.36 bits per heavy atom. The molecule has 7 heteroatoms. The third-order valence-corrected chi connectivity index (χ3v) is 5.78. The molecule has 1 fully saturated rings. The molecule has 1 aliphatic rings. The van der Waals surface area contributed by atoms with E-state index in [1.165, 1.54) is 11.3 Å². The van der Waals surface area contributed by atoms with Crippen LogP contribution >= 0.6 is 23.2 Å². The molecule has 0 radical (unpaired) electrons. The fourth-order valence-corrected chi connectivity index (χ4v) is 3.76.